The molecule has 1 aromatic carbocycles. The van der Waals surface area contributed by atoms with Gasteiger partial charge in [0.25, 0.3) is 0 Å². The van der Waals surface area contributed by atoms with Gasteiger partial charge in [0.05, 0.1) is 0 Å². The van der Waals surface area contributed by atoms with E-state index < -0.39 is 0 Å². The monoisotopic (exact) mass is 270 g/mol. The van der Waals surface area contributed by atoms with Crippen LogP contribution in [0.1, 0.15) is 31.2 Å². The lowest BCUT2D eigenvalue weighted by molar-refractivity contribution is 0.180. The SMILES string of the molecule is C=CCN(CC1(c2ccccc2)CCNCC1)C1CC1. The van der Waals surface area contributed by atoms with Crippen LogP contribution in [-0.4, -0.2) is 37.1 Å². The Morgan fingerprint density at radius 2 is 1.90 bits per heavy atom. The van der Waals surface area contributed by atoms with Gasteiger partial charge in [-0.3, -0.25) is 4.90 Å². The fraction of sp³-hybridized carbons (Fsp3) is 0.556. The molecule has 20 heavy (non-hydrogen) atoms. The minimum atomic E-state index is 0.331. The first-order chi connectivity index (χ1) is 9.84. The first-order valence-corrected chi connectivity index (χ1v) is 7.95. The van der Waals surface area contributed by atoms with Crippen molar-refractivity contribution in [2.24, 2.45) is 0 Å². The molecule has 2 heteroatoms. The summed E-state index contributed by atoms with van der Waals surface area (Å²) < 4.78 is 0. The van der Waals surface area contributed by atoms with E-state index in [4.69, 9.17) is 0 Å². The maximum absolute atomic E-state index is 3.95. The normalized spacial score (nSPS) is 21.9. The highest BCUT2D eigenvalue weighted by Crippen LogP contribution is 2.37. The maximum Gasteiger partial charge on any atom is 0.0163 e. The smallest absolute Gasteiger partial charge is 0.0163 e. The lowest BCUT2D eigenvalue weighted by atomic mass is 9.72. The summed E-state index contributed by atoms with van der Waals surface area (Å²) in [6, 6.07) is 12.0. The number of benzene rings is 1. The second-order valence-electron chi connectivity index (χ2n) is 6.35. The van der Waals surface area contributed by atoms with E-state index in [1.165, 1.54) is 37.8 Å². The number of rotatable bonds is 6. The van der Waals surface area contributed by atoms with Gasteiger partial charge in [0, 0.05) is 24.5 Å². The molecule has 1 saturated carbocycles. The molecule has 0 radical (unpaired) electrons. The molecule has 0 spiro atoms. The number of nitrogens with one attached hydrogen (secondary N) is 1. The van der Waals surface area contributed by atoms with Crippen LogP contribution in [0, 0.1) is 0 Å². The zero-order valence-corrected chi connectivity index (χ0v) is 12.4. The zero-order chi connectivity index (χ0) is 13.8. The Balaban J connectivity index is 1.83. The van der Waals surface area contributed by atoms with Gasteiger partial charge >= 0.3 is 0 Å². The van der Waals surface area contributed by atoms with Crippen molar-refractivity contribution in [2.45, 2.75) is 37.1 Å². The molecule has 1 aromatic rings. The Morgan fingerprint density at radius 1 is 1.20 bits per heavy atom. The zero-order valence-electron chi connectivity index (χ0n) is 12.4. The molecule has 3 rings (SSSR count). The van der Waals surface area contributed by atoms with Gasteiger partial charge < -0.3 is 5.32 Å². The third-order valence-corrected chi connectivity index (χ3v) is 4.88. The van der Waals surface area contributed by atoms with Gasteiger partial charge in [-0.05, 0) is 44.3 Å². The molecule has 2 nitrogen and oxygen atoms in total. The van der Waals surface area contributed by atoms with E-state index in [0.29, 0.717) is 5.41 Å². The second-order valence-corrected chi connectivity index (χ2v) is 6.35. The highest BCUT2D eigenvalue weighted by molar-refractivity contribution is 5.27. The topological polar surface area (TPSA) is 15.3 Å². The molecule has 0 amide bonds. The largest absolute Gasteiger partial charge is 0.317 e. The van der Waals surface area contributed by atoms with Crippen molar-refractivity contribution in [3.05, 3.63) is 48.6 Å². The molecule has 1 saturated heterocycles. The number of piperidine rings is 1. The lowest BCUT2D eigenvalue weighted by Crippen LogP contribution is -2.48. The predicted octanol–water partition coefficient (Wildman–Crippen LogP) is 2.96. The average Bonchev–Trinajstić information content (AvgIpc) is 3.33. The van der Waals surface area contributed by atoms with Crippen molar-refractivity contribution < 1.29 is 0 Å². The standard InChI is InChI=1S/C18H26N2/c1-2-14-20(17-8-9-17)15-18(10-12-19-13-11-18)16-6-4-3-5-7-16/h2-7,17,19H,1,8-15H2. The minimum Gasteiger partial charge on any atom is -0.317 e. The molecule has 2 fully saturated rings. The van der Waals surface area contributed by atoms with Gasteiger partial charge in [0.15, 0.2) is 0 Å². The first-order valence-electron chi connectivity index (χ1n) is 7.95. The quantitative estimate of drug-likeness (QED) is 0.800. The van der Waals surface area contributed by atoms with Crippen LogP contribution >= 0.6 is 0 Å². The molecule has 1 aliphatic heterocycles. The van der Waals surface area contributed by atoms with Gasteiger partial charge in [-0.1, -0.05) is 36.4 Å². The molecule has 1 aliphatic carbocycles. The number of nitrogens with zero attached hydrogens (tertiary/aromatic N) is 1. The summed E-state index contributed by atoms with van der Waals surface area (Å²) in [6.07, 6.45) is 7.31. The molecule has 0 bridgehead atoms. The lowest BCUT2D eigenvalue weighted by Gasteiger charge is -2.42. The van der Waals surface area contributed by atoms with Crippen molar-refractivity contribution in [1.82, 2.24) is 10.2 Å². The van der Waals surface area contributed by atoms with E-state index in [9.17, 15) is 0 Å². The van der Waals surface area contributed by atoms with Crippen LogP contribution in [0.15, 0.2) is 43.0 Å². The molecule has 108 valence electrons. The van der Waals surface area contributed by atoms with E-state index in [0.717, 1.165) is 25.7 Å². The van der Waals surface area contributed by atoms with Crippen LogP contribution in [0.25, 0.3) is 0 Å². The Morgan fingerprint density at radius 3 is 2.50 bits per heavy atom. The van der Waals surface area contributed by atoms with E-state index in [-0.39, 0.29) is 0 Å². The first kappa shape index (κ1) is 13.8. The summed E-state index contributed by atoms with van der Waals surface area (Å²) in [4.78, 5) is 2.66. The van der Waals surface area contributed by atoms with Crippen molar-refractivity contribution in [3.8, 4) is 0 Å². The summed E-state index contributed by atoms with van der Waals surface area (Å²) in [5, 5.41) is 3.52. The van der Waals surface area contributed by atoms with Crippen LogP contribution in [0.2, 0.25) is 0 Å². The van der Waals surface area contributed by atoms with E-state index in [1.807, 2.05) is 0 Å². The predicted molar refractivity (Wildman–Crippen MR) is 85.0 cm³/mol. The van der Waals surface area contributed by atoms with Crippen LogP contribution in [-0.2, 0) is 5.41 Å². The van der Waals surface area contributed by atoms with E-state index >= 15 is 0 Å². The van der Waals surface area contributed by atoms with Crippen LogP contribution in [0.4, 0.5) is 0 Å². The summed E-state index contributed by atoms with van der Waals surface area (Å²) in [5.74, 6) is 0. The fourth-order valence-electron chi connectivity index (χ4n) is 3.57. The minimum absolute atomic E-state index is 0.331. The van der Waals surface area contributed by atoms with Crippen molar-refractivity contribution >= 4 is 0 Å². The summed E-state index contributed by atoms with van der Waals surface area (Å²) >= 11 is 0. The third-order valence-electron chi connectivity index (χ3n) is 4.88. The maximum atomic E-state index is 3.95. The number of hydrogen-bond donors (Lipinski definition) is 1. The van der Waals surface area contributed by atoms with Crippen molar-refractivity contribution in [3.63, 3.8) is 0 Å². The molecular formula is C18H26N2. The molecule has 2 aliphatic rings. The molecule has 1 heterocycles. The third kappa shape index (κ3) is 2.97. The molecular weight excluding hydrogens is 244 g/mol. The second kappa shape index (κ2) is 6.11. The Labute approximate surface area is 122 Å². The Kier molecular flexibility index (Phi) is 4.23. The van der Waals surface area contributed by atoms with Crippen molar-refractivity contribution in [2.75, 3.05) is 26.2 Å². The van der Waals surface area contributed by atoms with E-state index in [2.05, 4.69) is 53.2 Å². The Hall–Kier alpha value is -1.12. The van der Waals surface area contributed by atoms with Crippen molar-refractivity contribution in [1.29, 1.82) is 0 Å². The molecule has 0 atom stereocenters. The summed E-state index contributed by atoms with van der Waals surface area (Å²) in [6.45, 7) is 8.45. The van der Waals surface area contributed by atoms with Gasteiger partial charge in [-0.25, -0.2) is 0 Å². The average molecular weight is 270 g/mol. The molecule has 0 unspecified atom stereocenters. The van der Waals surface area contributed by atoms with Crippen LogP contribution in [0.5, 0.6) is 0 Å². The summed E-state index contributed by atoms with van der Waals surface area (Å²) in [5.41, 5.74) is 1.86. The Bertz CT molecular complexity index is 430. The van der Waals surface area contributed by atoms with Crippen LogP contribution in [0.3, 0.4) is 0 Å². The van der Waals surface area contributed by atoms with Gasteiger partial charge in [0.2, 0.25) is 0 Å². The highest BCUT2D eigenvalue weighted by Gasteiger charge is 2.39. The fourth-order valence-corrected chi connectivity index (χ4v) is 3.57. The van der Waals surface area contributed by atoms with E-state index in [1.54, 1.807) is 0 Å². The summed E-state index contributed by atoms with van der Waals surface area (Å²) in [7, 11) is 0. The van der Waals surface area contributed by atoms with Gasteiger partial charge in [-0.2, -0.15) is 0 Å². The van der Waals surface area contributed by atoms with Gasteiger partial charge in [-0.15, -0.1) is 6.58 Å². The molecule has 1 N–H and O–H groups in total. The number of hydrogen-bond acceptors (Lipinski definition) is 2. The highest BCUT2D eigenvalue weighted by atomic mass is 15.2. The molecule has 0 aromatic heterocycles. The van der Waals surface area contributed by atoms with Gasteiger partial charge in [0.1, 0.15) is 0 Å². The van der Waals surface area contributed by atoms with Crippen LogP contribution < -0.4 is 5.32 Å².